The van der Waals surface area contributed by atoms with Crippen LogP contribution >= 0.6 is 0 Å². The van der Waals surface area contributed by atoms with Crippen LogP contribution in [-0.4, -0.2) is 29.3 Å². The lowest BCUT2D eigenvalue weighted by Gasteiger charge is -2.18. The van der Waals surface area contributed by atoms with E-state index < -0.39 is 11.7 Å². The number of alkyl halides is 3. The number of carbonyl (C=O) groups excluding carboxylic acids is 1. The van der Waals surface area contributed by atoms with E-state index in [1.165, 1.54) is 6.07 Å². The molecule has 2 rings (SSSR count). The van der Waals surface area contributed by atoms with Gasteiger partial charge in [0.05, 0.1) is 23.8 Å². The van der Waals surface area contributed by atoms with Crippen molar-refractivity contribution in [3.8, 4) is 0 Å². The zero-order valence-electron chi connectivity index (χ0n) is 9.16. The van der Waals surface area contributed by atoms with Crippen LogP contribution in [0.2, 0.25) is 0 Å². The smallest absolute Gasteiger partial charge is 0.298 e. The van der Waals surface area contributed by atoms with E-state index in [-0.39, 0.29) is 11.8 Å². The number of carbonyl (C=O) groups is 1. The van der Waals surface area contributed by atoms with Gasteiger partial charge in [0.2, 0.25) is 0 Å². The van der Waals surface area contributed by atoms with E-state index in [1.807, 2.05) is 0 Å². The number of ketones is 1. The van der Waals surface area contributed by atoms with Crippen LogP contribution in [-0.2, 0) is 11.0 Å². The minimum atomic E-state index is -4.37. The Hall–Kier alpha value is -1.43. The number of likely N-dealkylation sites (N-methyl/N-ethyl adjacent to an activating group) is 1. The summed E-state index contributed by atoms with van der Waals surface area (Å²) < 4.78 is 37.0. The summed E-state index contributed by atoms with van der Waals surface area (Å²) >= 11 is 0. The molecule has 1 aliphatic heterocycles. The standard InChI is InChI=1S/C11H11F3N2O/c1-16-6-8(17)4-10(16)9-3-2-7(5-15-9)11(12,13)14/h2-3,5,10H,4,6H2,1H3. The van der Waals surface area contributed by atoms with Gasteiger partial charge in [0.15, 0.2) is 0 Å². The molecule has 1 aromatic rings. The molecule has 1 atom stereocenters. The van der Waals surface area contributed by atoms with Gasteiger partial charge in [-0.25, -0.2) is 0 Å². The molecule has 0 amide bonds. The molecule has 1 unspecified atom stereocenters. The highest BCUT2D eigenvalue weighted by molar-refractivity contribution is 5.83. The van der Waals surface area contributed by atoms with Crippen molar-refractivity contribution in [3.63, 3.8) is 0 Å². The van der Waals surface area contributed by atoms with Gasteiger partial charge in [-0.3, -0.25) is 14.7 Å². The third-order valence-electron chi connectivity index (χ3n) is 2.83. The highest BCUT2D eigenvalue weighted by Crippen LogP contribution is 2.31. The van der Waals surface area contributed by atoms with Crippen molar-refractivity contribution in [2.75, 3.05) is 13.6 Å². The second-order valence-electron chi connectivity index (χ2n) is 4.14. The van der Waals surface area contributed by atoms with E-state index in [0.717, 1.165) is 12.3 Å². The summed E-state index contributed by atoms with van der Waals surface area (Å²) in [5, 5.41) is 0. The van der Waals surface area contributed by atoms with Gasteiger partial charge in [-0.1, -0.05) is 0 Å². The number of hydrogen-bond donors (Lipinski definition) is 0. The molecule has 17 heavy (non-hydrogen) atoms. The van der Waals surface area contributed by atoms with Gasteiger partial charge in [-0.05, 0) is 19.2 Å². The van der Waals surface area contributed by atoms with Crippen LogP contribution in [0.1, 0.15) is 23.7 Å². The third-order valence-corrected chi connectivity index (χ3v) is 2.83. The maximum atomic E-state index is 12.3. The number of hydrogen-bond acceptors (Lipinski definition) is 3. The Morgan fingerprint density at radius 3 is 2.53 bits per heavy atom. The van der Waals surface area contributed by atoms with Crippen LogP contribution in [0, 0.1) is 0 Å². The SMILES string of the molecule is CN1CC(=O)CC1c1ccc(C(F)(F)F)cn1. The minimum absolute atomic E-state index is 0.0826. The zero-order valence-corrected chi connectivity index (χ0v) is 9.16. The molecule has 0 aliphatic carbocycles. The Morgan fingerprint density at radius 2 is 2.12 bits per heavy atom. The molecule has 92 valence electrons. The number of aromatic nitrogens is 1. The number of likely N-dealkylation sites (tertiary alicyclic amines) is 1. The molecule has 6 heteroatoms. The molecule has 1 saturated heterocycles. The van der Waals surface area contributed by atoms with Gasteiger partial charge >= 0.3 is 6.18 Å². The summed E-state index contributed by atoms with van der Waals surface area (Å²) in [5.74, 6) is 0.0826. The van der Waals surface area contributed by atoms with Gasteiger partial charge in [0, 0.05) is 12.6 Å². The predicted molar refractivity (Wildman–Crippen MR) is 54.2 cm³/mol. The normalized spacial score (nSPS) is 22.1. The average Bonchev–Trinajstić information content (AvgIpc) is 2.57. The molecule has 0 spiro atoms. The van der Waals surface area contributed by atoms with Crippen molar-refractivity contribution < 1.29 is 18.0 Å². The molecule has 1 fully saturated rings. The predicted octanol–water partition coefficient (Wildman–Crippen LogP) is 2.05. The molecule has 0 aromatic carbocycles. The van der Waals surface area contributed by atoms with E-state index in [1.54, 1.807) is 11.9 Å². The van der Waals surface area contributed by atoms with E-state index in [4.69, 9.17) is 0 Å². The van der Waals surface area contributed by atoms with Gasteiger partial charge in [0.1, 0.15) is 5.78 Å². The monoisotopic (exact) mass is 244 g/mol. The number of rotatable bonds is 1. The molecule has 0 N–H and O–H groups in total. The largest absolute Gasteiger partial charge is 0.417 e. The average molecular weight is 244 g/mol. The summed E-state index contributed by atoms with van der Waals surface area (Å²) in [5.41, 5.74) is -0.264. The van der Waals surface area contributed by atoms with E-state index >= 15 is 0 Å². The van der Waals surface area contributed by atoms with Crippen LogP contribution in [0.4, 0.5) is 13.2 Å². The highest BCUT2D eigenvalue weighted by Gasteiger charge is 2.33. The highest BCUT2D eigenvalue weighted by atomic mass is 19.4. The first-order valence-electron chi connectivity index (χ1n) is 5.13. The molecule has 0 radical (unpaired) electrons. The Bertz CT molecular complexity index is 427. The summed E-state index contributed by atoms with van der Waals surface area (Å²) in [6, 6.07) is 2.13. The molecule has 1 aromatic heterocycles. The first-order valence-corrected chi connectivity index (χ1v) is 5.13. The van der Waals surface area contributed by atoms with Gasteiger partial charge in [-0.15, -0.1) is 0 Å². The van der Waals surface area contributed by atoms with Crippen molar-refractivity contribution in [2.45, 2.75) is 18.6 Å². The fourth-order valence-electron chi connectivity index (χ4n) is 1.92. The summed E-state index contributed by atoms with van der Waals surface area (Å²) in [6.07, 6.45) is -3.25. The third kappa shape index (κ3) is 2.46. The molecule has 2 heterocycles. The molecule has 0 saturated carbocycles. The van der Waals surface area contributed by atoms with Crippen LogP contribution in [0.3, 0.4) is 0 Å². The Kier molecular flexibility index (Phi) is 2.91. The summed E-state index contributed by atoms with van der Waals surface area (Å²) in [6.45, 7) is 0.327. The maximum absolute atomic E-state index is 12.3. The summed E-state index contributed by atoms with van der Waals surface area (Å²) in [4.78, 5) is 16.8. The number of nitrogens with zero attached hydrogens (tertiary/aromatic N) is 2. The second-order valence-corrected chi connectivity index (χ2v) is 4.14. The van der Waals surface area contributed by atoms with Crippen LogP contribution in [0.15, 0.2) is 18.3 Å². The second kappa shape index (κ2) is 4.10. The van der Waals surface area contributed by atoms with Gasteiger partial charge < -0.3 is 0 Å². The van der Waals surface area contributed by atoms with Crippen molar-refractivity contribution in [1.82, 2.24) is 9.88 Å². The molecular formula is C11H11F3N2O. The molecular weight excluding hydrogens is 233 g/mol. The quantitative estimate of drug-likeness (QED) is 0.758. The number of halogens is 3. The maximum Gasteiger partial charge on any atom is 0.417 e. The van der Waals surface area contributed by atoms with E-state index in [0.29, 0.717) is 18.7 Å². The Labute approximate surface area is 96.3 Å². The number of pyridine rings is 1. The summed E-state index contributed by atoms with van der Waals surface area (Å²) in [7, 11) is 1.76. The number of Topliss-reactive ketones (excluding diaryl/α,β-unsaturated/α-hetero) is 1. The van der Waals surface area contributed by atoms with Crippen LogP contribution in [0.5, 0.6) is 0 Å². The van der Waals surface area contributed by atoms with Crippen LogP contribution in [0.25, 0.3) is 0 Å². The fraction of sp³-hybridized carbons (Fsp3) is 0.455. The molecule has 1 aliphatic rings. The van der Waals surface area contributed by atoms with Gasteiger partial charge in [-0.2, -0.15) is 13.2 Å². The van der Waals surface area contributed by atoms with Crippen molar-refractivity contribution in [3.05, 3.63) is 29.6 Å². The Morgan fingerprint density at radius 1 is 1.41 bits per heavy atom. The van der Waals surface area contributed by atoms with Crippen molar-refractivity contribution in [2.24, 2.45) is 0 Å². The first-order chi connectivity index (χ1) is 7.88. The lowest BCUT2D eigenvalue weighted by Crippen LogP contribution is -2.19. The van der Waals surface area contributed by atoms with Crippen molar-refractivity contribution in [1.29, 1.82) is 0 Å². The first kappa shape index (κ1) is 12.0. The fourth-order valence-corrected chi connectivity index (χ4v) is 1.92. The molecule has 0 bridgehead atoms. The van der Waals surface area contributed by atoms with E-state index in [9.17, 15) is 18.0 Å². The molecule has 3 nitrogen and oxygen atoms in total. The Balaban J connectivity index is 2.21. The topological polar surface area (TPSA) is 33.2 Å². The lowest BCUT2D eigenvalue weighted by molar-refractivity contribution is -0.137. The zero-order chi connectivity index (χ0) is 12.6. The van der Waals surface area contributed by atoms with Crippen LogP contribution < -0.4 is 0 Å². The van der Waals surface area contributed by atoms with Crippen molar-refractivity contribution >= 4 is 5.78 Å². The lowest BCUT2D eigenvalue weighted by atomic mass is 10.1. The van der Waals surface area contributed by atoms with Gasteiger partial charge in [0.25, 0.3) is 0 Å². The van der Waals surface area contributed by atoms with E-state index in [2.05, 4.69) is 4.98 Å². The minimum Gasteiger partial charge on any atom is -0.298 e.